The highest BCUT2D eigenvalue weighted by Crippen LogP contribution is 2.20. The van der Waals surface area contributed by atoms with Crippen LogP contribution >= 0.6 is 0 Å². The lowest BCUT2D eigenvalue weighted by molar-refractivity contribution is -0.127. The van der Waals surface area contributed by atoms with Crippen LogP contribution in [0, 0.1) is 5.92 Å². The summed E-state index contributed by atoms with van der Waals surface area (Å²) in [5.74, 6) is 0.581. The number of ether oxygens (including phenoxy) is 1. The lowest BCUT2D eigenvalue weighted by Crippen LogP contribution is -2.38. The fourth-order valence-corrected chi connectivity index (χ4v) is 3.75. The molecule has 2 N–H and O–H groups in total. The molecule has 2 atom stereocenters. The third-order valence-electron chi connectivity index (χ3n) is 4.13. The Morgan fingerprint density at radius 3 is 2.14 bits per heavy atom. The Labute approximate surface area is 167 Å². The van der Waals surface area contributed by atoms with E-state index < -0.39 is 16.1 Å². The van der Waals surface area contributed by atoms with E-state index >= 15 is 0 Å². The van der Waals surface area contributed by atoms with Gasteiger partial charge in [-0.25, -0.2) is 13.1 Å². The van der Waals surface area contributed by atoms with E-state index in [9.17, 15) is 13.2 Å². The van der Waals surface area contributed by atoms with Gasteiger partial charge in [-0.05, 0) is 49.6 Å². The highest BCUT2D eigenvalue weighted by molar-refractivity contribution is 7.89. The van der Waals surface area contributed by atoms with E-state index in [1.807, 2.05) is 44.2 Å². The van der Waals surface area contributed by atoms with Gasteiger partial charge in [0, 0.05) is 12.6 Å². The second kappa shape index (κ2) is 9.71. The van der Waals surface area contributed by atoms with Crippen LogP contribution in [0.1, 0.15) is 39.3 Å². The molecule has 0 aliphatic heterocycles. The normalized spacial score (nSPS) is 13.8. The van der Waals surface area contributed by atoms with E-state index in [4.69, 9.17) is 4.74 Å². The Morgan fingerprint density at radius 2 is 1.57 bits per heavy atom. The second-order valence-electron chi connectivity index (χ2n) is 7.12. The van der Waals surface area contributed by atoms with Crippen molar-refractivity contribution in [1.82, 2.24) is 10.0 Å². The zero-order chi connectivity index (χ0) is 20.7. The molecule has 0 bridgehead atoms. The number of carbonyl (C=O) groups is 1. The van der Waals surface area contributed by atoms with Crippen LogP contribution in [0.4, 0.5) is 0 Å². The van der Waals surface area contributed by atoms with E-state index in [1.54, 1.807) is 26.0 Å². The van der Waals surface area contributed by atoms with Gasteiger partial charge in [-0.3, -0.25) is 4.79 Å². The summed E-state index contributed by atoms with van der Waals surface area (Å²) < 4.78 is 33.4. The first-order chi connectivity index (χ1) is 13.2. The monoisotopic (exact) mass is 404 g/mol. The van der Waals surface area contributed by atoms with Crippen LogP contribution in [0.15, 0.2) is 59.5 Å². The van der Waals surface area contributed by atoms with Crippen LogP contribution in [0.5, 0.6) is 5.75 Å². The zero-order valence-electron chi connectivity index (χ0n) is 16.7. The molecule has 0 aliphatic rings. The molecule has 0 heterocycles. The van der Waals surface area contributed by atoms with E-state index in [-0.39, 0.29) is 16.8 Å². The topological polar surface area (TPSA) is 84.5 Å². The summed E-state index contributed by atoms with van der Waals surface area (Å²) in [6.07, 6.45) is -0.669. The van der Waals surface area contributed by atoms with Crippen molar-refractivity contribution in [2.75, 3.05) is 6.54 Å². The maximum atomic E-state index is 12.6. The minimum Gasteiger partial charge on any atom is -0.481 e. The summed E-state index contributed by atoms with van der Waals surface area (Å²) in [6.45, 7) is 8.05. The van der Waals surface area contributed by atoms with Crippen molar-refractivity contribution in [3.8, 4) is 5.75 Å². The fraction of sp³-hybridized carbons (Fsp3) is 0.381. The predicted molar refractivity (Wildman–Crippen MR) is 110 cm³/mol. The van der Waals surface area contributed by atoms with Crippen molar-refractivity contribution in [2.24, 2.45) is 5.92 Å². The molecular weight excluding hydrogens is 376 g/mol. The van der Waals surface area contributed by atoms with Gasteiger partial charge in [0.15, 0.2) is 6.10 Å². The summed E-state index contributed by atoms with van der Waals surface area (Å²) in [4.78, 5) is 12.1. The predicted octanol–water partition coefficient (Wildman–Crippen LogP) is 3.27. The van der Waals surface area contributed by atoms with E-state index in [0.29, 0.717) is 18.2 Å². The van der Waals surface area contributed by atoms with Gasteiger partial charge in [-0.15, -0.1) is 0 Å². The molecule has 0 saturated carbocycles. The maximum Gasteiger partial charge on any atom is 0.260 e. The molecule has 7 heteroatoms. The van der Waals surface area contributed by atoms with Gasteiger partial charge in [0.25, 0.3) is 5.91 Å². The number of benzene rings is 2. The number of amides is 1. The second-order valence-corrected chi connectivity index (χ2v) is 8.84. The van der Waals surface area contributed by atoms with Gasteiger partial charge in [0.05, 0.1) is 4.90 Å². The number of rotatable bonds is 9. The zero-order valence-corrected chi connectivity index (χ0v) is 17.5. The van der Waals surface area contributed by atoms with E-state index in [0.717, 1.165) is 5.56 Å². The fourth-order valence-electron chi connectivity index (χ4n) is 2.51. The molecule has 0 spiro atoms. The van der Waals surface area contributed by atoms with Gasteiger partial charge < -0.3 is 10.1 Å². The molecular formula is C21H28N2O4S. The highest BCUT2D eigenvalue weighted by Gasteiger charge is 2.19. The smallest absolute Gasteiger partial charge is 0.260 e. The molecule has 0 fully saturated rings. The van der Waals surface area contributed by atoms with Gasteiger partial charge in [0.2, 0.25) is 10.0 Å². The van der Waals surface area contributed by atoms with Gasteiger partial charge in [-0.1, -0.05) is 44.2 Å². The largest absolute Gasteiger partial charge is 0.481 e. The van der Waals surface area contributed by atoms with Crippen LogP contribution in [0.25, 0.3) is 0 Å². The molecule has 0 aliphatic carbocycles. The minimum absolute atomic E-state index is 0.138. The lowest BCUT2D eigenvalue weighted by atomic mass is 10.1. The van der Waals surface area contributed by atoms with Gasteiger partial charge in [0.1, 0.15) is 5.75 Å². The molecule has 2 aromatic carbocycles. The molecule has 6 nitrogen and oxygen atoms in total. The number of nitrogens with one attached hydrogen (secondary N) is 2. The Hall–Kier alpha value is -2.38. The molecule has 28 heavy (non-hydrogen) atoms. The molecule has 0 aromatic heterocycles. The number of hydrogen-bond donors (Lipinski definition) is 2. The minimum atomic E-state index is -3.67. The van der Waals surface area contributed by atoms with Crippen molar-refractivity contribution in [3.05, 3.63) is 60.2 Å². The first-order valence-corrected chi connectivity index (χ1v) is 10.8. The molecule has 152 valence electrons. The number of sulfonamides is 1. The molecule has 0 saturated heterocycles. The third-order valence-corrected chi connectivity index (χ3v) is 5.69. The van der Waals surface area contributed by atoms with Crippen molar-refractivity contribution < 1.29 is 17.9 Å². The summed E-state index contributed by atoms with van der Waals surface area (Å²) in [5.41, 5.74) is 0.882. The maximum absolute atomic E-state index is 12.6. The van der Waals surface area contributed by atoms with E-state index in [1.165, 1.54) is 12.1 Å². The lowest BCUT2D eigenvalue weighted by Gasteiger charge is -2.17. The van der Waals surface area contributed by atoms with Crippen LogP contribution in [0.2, 0.25) is 0 Å². The van der Waals surface area contributed by atoms with Crippen LogP contribution < -0.4 is 14.8 Å². The van der Waals surface area contributed by atoms with Gasteiger partial charge in [-0.2, -0.15) is 0 Å². The van der Waals surface area contributed by atoms with Crippen molar-refractivity contribution in [3.63, 3.8) is 0 Å². The molecule has 0 radical (unpaired) electrons. The molecule has 2 rings (SSSR count). The van der Waals surface area contributed by atoms with Crippen LogP contribution in [-0.2, 0) is 14.8 Å². The van der Waals surface area contributed by atoms with Crippen molar-refractivity contribution in [1.29, 1.82) is 0 Å². The molecule has 2 aromatic rings. The summed E-state index contributed by atoms with van der Waals surface area (Å²) >= 11 is 0. The van der Waals surface area contributed by atoms with Crippen LogP contribution in [0.3, 0.4) is 0 Å². The molecule has 0 unspecified atom stereocenters. The van der Waals surface area contributed by atoms with E-state index in [2.05, 4.69) is 10.0 Å². The van der Waals surface area contributed by atoms with Gasteiger partial charge >= 0.3 is 0 Å². The highest BCUT2D eigenvalue weighted by atomic mass is 32.2. The Morgan fingerprint density at radius 1 is 0.964 bits per heavy atom. The third kappa shape index (κ3) is 6.35. The summed E-state index contributed by atoms with van der Waals surface area (Å²) in [5, 5.41) is 2.81. The Kier molecular flexibility index (Phi) is 7.60. The summed E-state index contributed by atoms with van der Waals surface area (Å²) in [7, 11) is -3.67. The van der Waals surface area contributed by atoms with Crippen molar-refractivity contribution >= 4 is 15.9 Å². The van der Waals surface area contributed by atoms with Crippen molar-refractivity contribution in [2.45, 2.75) is 44.7 Å². The summed E-state index contributed by atoms with van der Waals surface area (Å²) in [6, 6.07) is 15.0. The number of carbonyl (C=O) groups excluding carboxylic acids is 1. The quantitative estimate of drug-likeness (QED) is 0.672. The average Bonchev–Trinajstić information content (AvgIpc) is 2.66. The first-order valence-electron chi connectivity index (χ1n) is 9.30. The Bertz CT molecular complexity index is 865. The SMILES string of the molecule is CC(C)CNC(=O)[C@H](C)Oc1ccc(S(=O)(=O)N[C@@H](C)c2ccccc2)cc1. The average molecular weight is 405 g/mol. The first kappa shape index (κ1) is 21.9. The van der Waals surface area contributed by atoms with Crippen LogP contribution in [-0.4, -0.2) is 27.0 Å². The molecule has 1 amide bonds. The number of hydrogen-bond acceptors (Lipinski definition) is 4. The Balaban J connectivity index is 2.00. The standard InChI is InChI=1S/C21H28N2O4S/c1-15(2)14-22-21(24)17(4)27-19-10-12-20(13-11-19)28(25,26)23-16(3)18-8-6-5-7-9-18/h5-13,15-17,23H,14H2,1-4H3,(H,22,24)/t16-,17-/m0/s1.